The summed E-state index contributed by atoms with van der Waals surface area (Å²) in [5.74, 6) is -0.0206. The van der Waals surface area contributed by atoms with E-state index < -0.39 is 5.97 Å². The number of fused-ring (bicyclic) bond motifs is 1. The van der Waals surface area contributed by atoms with E-state index in [0.29, 0.717) is 13.0 Å². The van der Waals surface area contributed by atoms with Gasteiger partial charge in [0.05, 0.1) is 5.39 Å². The molecular formula is C17H17N3O2S. The molecule has 5 nitrogen and oxygen atoms in total. The van der Waals surface area contributed by atoms with Gasteiger partial charge in [0.15, 0.2) is 0 Å². The van der Waals surface area contributed by atoms with Crippen molar-refractivity contribution in [3.8, 4) is 11.1 Å². The van der Waals surface area contributed by atoms with Gasteiger partial charge in [0.25, 0.3) is 0 Å². The van der Waals surface area contributed by atoms with Gasteiger partial charge in [-0.05, 0) is 18.9 Å². The van der Waals surface area contributed by atoms with Gasteiger partial charge in [-0.2, -0.15) is 0 Å². The third-order valence-electron chi connectivity index (χ3n) is 3.59. The smallest absolute Gasteiger partial charge is 0.303 e. The molecule has 0 aliphatic heterocycles. The molecule has 0 atom stereocenters. The lowest BCUT2D eigenvalue weighted by molar-refractivity contribution is -0.137. The highest BCUT2D eigenvalue weighted by molar-refractivity contribution is 7.17. The molecule has 2 aromatic heterocycles. The maximum atomic E-state index is 10.6. The molecule has 0 saturated carbocycles. The third kappa shape index (κ3) is 3.48. The van der Waals surface area contributed by atoms with Crippen LogP contribution >= 0.6 is 11.3 Å². The highest BCUT2D eigenvalue weighted by Gasteiger charge is 2.12. The number of nitrogens with zero attached hydrogens (tertiary/aromatic N) is 2. The average molecular weight is 327 g/mol. The Bertz CT molecular complexity index is 827. The van der Waals surface area contributed by atoms with Gasteiger partial charge in [-0.25, -0.2) is 9.97 Å². The Morgan fingerprint density at radius 1 is 1.26 bits per heavy atom. The Morgan fingerprint density at radius 3 is 2.78 bits per heavy atom. The Balaban J connectivity index is 1.91. The van der Waals surface area contributed by atoms with Crippen LogP contribution in [-0.4, -0.2) is 27.6 Å². The zero-order chi connectivity index (χ0) is 16.2. The molecule has 3 aromatic rings. The molecule has 2 heterocycles. The molecule has 2 N–H and O–H groups in total. The van der Waals surface area contributed by atoms with Crippen LogP contribution in [0.15, 0.2) is 36.0 Å². The van der Waals surface area contributed by atoms with Gasteiger partial charge in [0, 0.05) is 23.9 Å². The maximum absolute atomic E-state index is 10.6. The fourth-order valence-corrected chi connectivity index (χ4v) is 3.32. The third-order valence-corrected chi connectivity index (χ3v) is 4.48. The summed E-state index contributed by atoms with van der Waals surface area (Å²) in [5.41, 5.74) is 3.45. The maximum Gasteiger partial charge on any atom is 0.303 e. The average Bonchev–Trinajstić information content (AvgIpc) is 2.97. The second kappa shape index (κ2) is 6.75. The van der Waals surface area contributed by atoms with E-state index >= 15 is 0 Å². The number of rotatable bonds is 6. The molecular weight excluding hydrogens is 310 g/mol. The molecule has 0 fully saturated rings. The van der Waals surface area contributed by atoms with E-state index in [2.05, 4.69) is 51.9 Å². The van der Waals surface area contributed by atoms with Crippen LogP contribution in [0.2, 0.25) is 0 Å². The first-order chi connectivity index (χ1) is 11.1. The van der Waals surface area contributed by atoms with Crippen molar-refractivity contribution in [2.45, 2.75) is 19.8 Å². The van der Waals surface area contributed by atoms with E-state index in [-0.39, 0.29) is 6.42 Å². The van der Waals surface area contributed by atoms with Gasteiger partial charge in [-0.3, -0.25) is 4.79 Å². The predicted octanol–water partition coefficient (Wildman–Crippen LogP) is 3.94. The van der Waals surface area contributed by atoms with E-state index in [9.17, 15) is 4.79 Å². The molecule has 1 aromatic carbocycles. The number of carboxylic acids is 1. The van der Waals surface area contributed by atoms with E-state index in [0.717, 1.165) is 27.2 Å². The summed E-state index contributed by atoms with van der Waals surface area (Å²) in [4.78, 5) is 20.2. The summed E-state index contributed by atoms with van der Waals surface area (Å²) < 4.78 is 0. The van der Waals surface area contributed by atoms with Crippen LogP contribution < -0.4 is 5.32 Å². The minimum Gasteiger partial charge on any atom is -0.481 e. The fourth-order valence-electron chi connectivity index (χ4n) is 2.40. The van der Waals surface area contributed by atoms with Crippen LogP contribution in [0.4, 0.5) is 5.82 Å². The number of benzene rings is 1. The highest BCUT2D eigenvalue weighted by Crippen LogP contribution is 2.36. The number of aromatic nitrogens is 2. The molecule has 0 saturated heterocycles. The number of nitrogens with one attached hydrogen (secondary N) is 1. The van der Waals surface area contributed by atoms with Crippen LogP contribution in [0, 0.1) is 6.92 Å². The lowest BCUT2D eigenvalue weighted by atomic mass is 10.0. The molecule has 0 aliphatic carbocycles. The lowest BCUT2D eigenvalue weighted by Gasteiger charge is -2.08. The number of anilines is 1. The summed E-state index contributed by atoms with van der Waals surface area (Å²) in [5, 5.41) is 15.0. The number of hydrogen-bond donors (Lipinski definition) is 2. The Labute approximate surface area is 138 Å². The van der Waals surface area contributed by atoms with Crippen LogP contribution in [0.5, 0.6) is 0 Å². The minimum absolute atomic E-state index is 0.148. The Hall–Kier alpha value is -2.47. The van der Waals surface area contributed by atoms with Crippen molar-refractivity contribution in [1.29, 1.82) is 0 Å². The van der Waals surface area contributed by atoms with Crippen molar-refractivity contribution >= 4 is 33.3 Å². The second-order valence-electron chi connectivity index (χ2n) is 5.34. The topological polar surface area (TPSA) is 75.1 Å². The Morgan fingerprint density at radius 2 is 2.04 bits per heavy atom. The first-order valence-electron chi connectivity index (χ1n) is 7.40. The molecule has 3 rings (SSSR count). The first kappa shape index (κ1) is 15.4. The molecule has 0 bridgehead atoms. The zero-order valence-corrected chi connectivity index (χ0v) is 13.6. The lowest BCUT2D eigenvalue weighted by Crippen LogP contribution is -2.06. The van der Waals surface area contributed by atoms with Gasteiger partial charge in [-0.1, -0.05) is 29.8 Å². The molecule has 23 heavy (non-hydrogen) atoms. The quantitative estimate of drug-likeness (QED) is 0.671. The van der Waals surface area contributed by atoms with Crippen LogP contribution in [-0.2, 0) is 4.79 Å². The van der Waals surface area contributed by atoms with Crippen molar-refractivity contribution in [3.63, 3.8) is 0 Å². The van der Waals surface area contributed by atoms with Crippen LogP contribution in [0.1, 0.15) is 18.4 Å². The summed E-state index contributed by atoms with van der Waals surface area (Å²) in [7, 11) is 0. The van der Waals surface area contributed by atoms with Crippen molar-refractivity contribution in [2.24, 2.45) is 0 Å². The van der Waals surface area contributed by atoms with Crippen molar-refractivity contribution in [2.75, 3.05) is 11.9 Å². The number of aryl methyl sites for hydroxylation is 1. The van der Waals surface area contributed by atoms with Crippen molar-refractivity contribution in [3.05, 3.63) is 41.5 Å². The number of carboxylic acid groups (broad SMARTS) is 1. The summed E-state index contributed by atoms with van der Waals surface area (Å²) >= 11 is 1.59. The van der Waals surface area contributed by atoms with E-state index in [1.807, 2.05) is 0 Å². The van der Waals surface area contributed by atoms with E-state index in [1.165, 1.54) is 11.9 Å². The molecule has 6 heteroatoms. The van der Waals surface area contributed by atoms with Gasteiger partial charge in [0.1, 0.15) is 17.0 Å². The Kier molecular flexibility index (Phi) is 4.52. The van der Waals surface area contributed by atoms with Gasteiger partial charge in [-0.15, -0.1) is 11.3 Å². The van der Waals surface area contributed by atoms with E-state index in [4.69, 9.17) is 5.11 Å². The van der Waals surface area contributed by atoms with Gasteiger partial charge < -0.3 is 10.4 Å². The number of aliphatic carboxylic acids is 1. The van der Waals surface area contributed by atoms with E-state index in [1.54, 1.807) is 11.3 Å². The van der Waals surface area contributed by atoms with Crippen molar-refractivity contribution < 1.29 is 9.90 Å². The minimum atomic E-state index is -0.782. The molecule has 0 spiro atoms. The largest absolute Gasteiger partial charge is 0.481 e. The number of hydrogen-bond acceptors (Lipinski definition) is 5. The zero-order valence-electron chi connectivity index (χ0n) is 12.7. The van der Waals surface area contributed by atoms with Crippen LogP contribution in [0.25, 0.3) is 21.3 Å². The SMILES string of the molecule is Cc1ccc(-c2csc3ncnc(NCCCC(=O)O)c23)cc1. The first-order valence-corrected chi connectivity index (χ1v) is 8.28. The predicted molar refractivity (Wildman–Crippen MR) is 92.9 cm³/mol. The molecule has 0 aliphatic rings. The monoisotopic (exact) mass is 327 g/mol. The summed E-state index contributed by atoms with van der Waals surface area (Å²) in [6, 6.07) is 8.36. The molecule has 0 radical (unpaired) electrons. The summed E-state index contributed by atoms with van der Waals surface area (Å²) in [6.45, 7) is 2.63. The van der Waals surface area contributed by atoms with Crippen molar-refractivity contribution in [1.82, 2.24) is 9.97 Å². The molecule has 0 unspecified atom stereocenters. The summed E-state index contributed by atoms with van der Waals surface area (Å²) in [6.07, 6.45) is 2.25. The normalized spacial score (nSPS) is 10.8. The fraction of sp³-hybridized carbons (Fsp3) is 0.235. The van der Waals surface area contributed by atoms with Crippen LogP contribution in [0.3, 0.4) is 0 Å². The second-order valence-corrected chi connectivity index (χ2v) is 6.20. The number of thiophene rings is 1. The highest BCUT2D eigenvalue weighted by atomic mass is 32.1. The number of carbonyl (C=O) groups is 1. The molecule has 118 valence electrons. The molecule has 0 amide bonds. The van der Waals surface area contributed by atoms with Gasteiger partial charge >= 0.3 is 5.97 Å². The standard InChI is InChI=1S/C17H17N3O2S/c1-11-4-6-12(7-5-11)13-9-23-17-15(13)16(19-10-20-17)18-8-2-3-14(21)22/h4-7,9-10H,2-3,8H2,1H3,(H,21,22)(H,18,19,20). The van der Waals surface area contributed by atoms with Gasteiger partial charge in [0.2, 0.25) is 0 Å².